The molecule has 1 heterocycles. The second-order valence-corrected chi connectivity index (χ2v) is 6.77. The van der Waals surface area contributed by atoms with Crippen LogP contribution in [0.4, 0.5) is 14.9 Å². The number of nitrogens with one attached hydrogen (secondary N) is 1. The molecule has 0 spiro atoms. The van der Waals surface area contributed by atoms with E-state index in [1.807, 2.05) is 12.1 Å². The molecule has 0 saturated carbocycles. The lowest BCUT2D eigenvalue weighted by molar-refractivity contribution is 0.101. The Balaban J connectivity index is 1.45. The summed E-state index contributed by atoms with van der Waals surface area (Å²) in [6.07, 6.45) is 0.865. The zero-order valence-corrected chi connectivity index (χ0v) is 15.5. The van der Waals surface area contributed by atoms with Crippen molar-refractivity contribution in [1.29, 1.82) is 0 Å². The molecule has 2 aromatic carbocycles. The van der Waals surface area contributed by atoms with Gasteiger partial charge in [-0.05, 0) is 43.2 Å². The molecule has 3 rings (SSSR count). The topological polar surface area (TPSA) is 52.7 Å². The highest BCUT2D eigenvalue weighted by Crippen LogP contribution is 2.13. The predicted octanol–water partition coefficient (Wildman–Crippen LogP) is 3.42. The number of rotatable bonds is 5. The molecule has 0 aromatic heterocycles. The third kappa shape index (κ3) is 5.37. The predicted molar refractivity (Wildman–Crippen MR) is 104 cm³/mol. The molecule has 27 heavy (non-hydrogen) atoms. The van der Waals surface area contributed by atoms with Gasteiger partial charge in [-0.15, -0.1) is 0 Å². The number of urea groups is 1. The van der Waals surface area contributed by atoms with Crippen LogP contribution in [0.1, 0.15) is 22.8 Å². The largest absolute Gasteiger partial charge is 0.322 e. The van der Waals surface area contributed by atoms with Gasteiger partial charge in [0.1, 0.15) is 5.82 Å². The van der Waals surface area contributed by atoms with E-state index in [2.05, 4.69) is 10.2 Å². The Kier molecular flexibility index (Phi) is 6.19. The first kappa shape index (κ1) is 19.0. The first-order chi connectivity index (χ1) is 13.0. The second-order valence-electron chi connectivity index (χ2n) is 6.77. The van der Waals surface area contributed by atoms with Gasteiger partial charge in [-0.1, -0.05) is 24.3 Å². The van der Waals surface area contributed by atoms with Crippen molar-refractivity contribution in [2.45, 2.75) is 13.3 Å². The molecule has 0 unspecified atom stereocenters. The lowest BCUT2D eigenvalue weighted by Gasteiger charge is -2.34. The molecule has 1 N–H and O–H groups in total. The Bertz CT molecular complexity index is 799. The van der Waals surface area contributed by atoms with Crippen molar-refractivity contribution in [2.24, 2.45) is 0 Å². The quantitative estimate of drug-likeness (QED) is 0.822. The minimum Gasteiger partial charge on any atom is -0.322 e. The summed E-state index contributed by atoms with van der Waals surface area (Å²) in [5.41, 5.74) is 2.33. The number of Topliss-reactive ketones (excluding diaryl/α,β-unsaturated/α-hetero) is 1. The van der Waals surface area contributed by atoms with Crippen molar-refractivity contribution < 1.29 is 14.0 Å². The molecule has 0 radical (unpaired) electrons. The van der Waals surface area contributed by atoms with Crippen LogP contribution in [0.2, 0.25) is 0 Å². The Hall–Kier alpha value is -2.73. The molecule has 1 saturated heterocycles. The number of benzene rings is 2. The maximum atomic E-state index is 12.9. The van der Waals surface area contributed by atoms with Crippen molar-refractivity contribution in [1.82, 2.24) is 9.80 Å². The third-order valence-electron chi connectivity index (χ3n) is 4.81. The molecule has 0 bridgehead atoms. The second kappa shape index (κ2) is 8.77. The molecule has 2 amide bonds. The van der Waals surface area contributed by atoms with Crippen LogP contribution in [0.25, 0.3) is 0 Å². The van der Waals surface area contributed by atoms with Gasteiger partial charge in [0.05, 0.1) is 0 Å². The zero-order chi connectivity index (χ0) is 19.2. The maximum Gasteiger partial charge on any atom is 0.321 e. The van der Waals surface area contributed by atoms with E-state index in [1.54, 1.807) is 29.2 Å². The van der Waals surface area contributed by atoms with Crippen LogP contribution in [0.15, 0.2) is 48.5 Å². The summed E-state index contributed by atoms with van der Waals surface area (Å²) >= 11 is 0. The molecular formula is C21H24FN3O2. The highest BCUT2D eigenvalue weighted by Gasteiger charge is 2.21. The molecule has 0 aliphatic carbocycles. The number of hydrogen-bond donors (Lipinski definition) is 1. The van der Waals surface area contributed by atoms with Gasteiger partial charge in [-0.25, -0.2) is 9.18 Å². The van der Waals surface area contributed by atoms with E-state index in [4.69, 9.17) is 0 Å². The number of amides is 2. The van der Waals surface area contributed by atoms with Gasteiger partial charge in [-0.2, -0.15) is 0 Å². The standard InChI is InChI=1S/C21H24FN3O2/c1-16(26)18-3-2-4-20(15-18)23-21(27)25-13-11-24(12-14-25)10-9-17-5-7-19(22)8-6-17/h2-8,15H,9-14H2,1H3,(H,23,27). The molecule has 0 atom stereocenters. The fourth-order valence-corrected chi connectivity index (χ4v) is 3.13. The molecule has 6 heteroatoms. The van der Waals surface area contributed by atoms with Crippen LogP contribution >= 0.6 is 0 Å². The van der Waals surface area contributed by atoms with E-state index in [0.29, 0.717) is 24.3 Å². The number of piperazine rings is 1. The Morgan fingerprint density at radius 1 is 1.04 bits per heavy atom. The van der Waals surface area contributed by atoms with Gasteiger partial charge < -0.3 is 10.2 Å². The minimum atomic E-state index is -0.216. The van der Waals surface area contributed by atoms with Crippen molar-refractivity contribution in [2.75, 3.05) is 38.0 Å². The summed E-state index contributed by atoms with van der Waals surface area (Å²) in [6.45, 7) is 5.32. The summed E-state index contributed by atoms with van der Waals surface area (Å²) in [5, 5.41) is 2.87. The Labute approximate surface area is 158 Å². The molecule has 1 fully saturated rings. The van der Waals surface area contributed by atoms with Crippen LogP contribution in [0.3, 0.4) is 0 Å². The number of hydrogen-bond acceptors (Lipinski definition) is 3. The SMILES string of the molecule is CC(=O)c1cccc(NC(=O)N2CCN(CCc3ccc(F)cc3)CC2)c1. The number of carbonyl (C=O) groups is 2. The van der Waals surface area contributed by atoms with Crippen LogP contribution in [-0.2, 0) is 6.42 Å². The molecule has 2 aromatic rings. The van der Waals surface area contributed by atoms with Crippen LogP contribution in [0, 0.1) is 5.82 Å². The minimum absolute atomic E-state index is 0.0270. The van der Waals surface area contributed by atoms with Gasteiger partial charge in [0.2, 0.25) is 0 Å². The van der Waals surface area contributed by atoms with Gasteiger partial charge in [-0.3, -0.25) is 9.69 Å². The third-order valence-corrected chi connectivity index (χ3v) is 4.81. The summed E-state index contributed by atoms with van der Waals surface area (Å²) in [4.78, 5) is 28.0. The van der Waals surface area contributed by atoms with Crippen molar-refractivity contribution in [3.05, 3.63) is 65.5 Å². The van der Waals surface area contributed by atoms with Gasteiger partial charge in [0.15, 0.2) is 5.78 Å². The van der Waals surface area contributed by atoms with E-state index in [1.165, 1.54) is 19.1 Å². The summed E-state index contributed by atoms with van der Waals surface area (Å²) in [7, 11) is 0. The highest BCUT2D eigenvalue weighted by atomic mass is 19.1. The number of ketones is 1. The molecule has 5 nitrogen and oxygen atoms in total. The average molecular weight is 369 g/mol. The first-order valence-corrected chi connectivity index (χ1v) is 9.15. The highest BCUT2D eigenvalue weighted by molar-refractivity contribution is 5.96. The Morgan fingerprint density at radius 3 is 2.41 bits per heavy atom. The van der Waals surface area contributed by atoms with E-state index < -0.39 is 0 Å². The lowest BCUT2D eigenvalue weighted by Crippen LogP contribution is -2.50. The number of anilines is 1. The van der Waals surface area contributed by atoms with E-state index >= 15 is 0 Å². The smallest absolute Gasteiger partial charge is 0.321 e. The number of nitrogens with zero attached hydrogens (tertiary/aromatic N) is 2. The number of halogens is 1. The molecule has 142 valence electrons. The summed E-state index contributed by atoms with van der Waals surface area (Å²) in [6, 6.07) is 13.4. The lowest BCUT2D eigenvalue weighted by atomic mass is 10.1. The first-order valence-electron chi connectivity index (χ1n) is 9.15. The van der Waals surface area contributed by atoms with Gasteiger partial charge >= 0.3 is 6.03 Å². The zero-order valence-electron chi connectivity index (χ0n) is 15.5. The van der Waals surface area contributed by atoms with Crippen LogP contribution < -0.4 is 5.32 Å². The van der Waals surface area contributed by atoms with Crippen molar-refractivity contribution in [3.63, 3.8) is 0 Å². The van der Waals surface area contributed by atoms with Crippen LogP contribution in [0.5, 0.6) is 0 Å². The van der Waals surface area contributed by atoms with E-state index in [-0.39, 0.29) is 17.6 Å². The maximum absolute atomic E-state index is 12.9. The molecular weight excluding hydrogens is 345 g/mol. The van der Waals surface area contributed by atoms with Gasteiger partial charge in [0, 0.05) is 44.0 Å². The van der Waals surface area contributed by atoms with E-state index in [0.717, 1.165) is 31.6 Å². The van der Waals surface area contributed by atoms with Crippen molar-refractivity contribution >= 4 is 17.5 Å². The normalized spacial score (nSPS) is 14.8. The van der Waals surface area contributed by atoms with E-state index in [9.17, 15) is 14.0 Å². The monoisotopic (exact) mass is 369 g/mol. The average Bonchev–Trinajstić information content (AvgIpc) is 2.68. The van der Waals surface area contributed by atoms with Crippen LogP contribution in [-0.4, -0.2) is 54.3 Å². The number of carbonyl (C=O) groups excluding carboxylic acids is 2. The molecule has 1 aliphatic rings. The van der Waals surface area contributed by atoms with Crippen molar-refractivity contribution in [3.8, 4) is 0 Å². The van der Waals surface area contributed by atoms with Gasteiger partial charge in [0.25, 0.3) is 0 Å². The molecule has 1 aliphatic heterocycles. The summed E-state index contributed by atoms with van der Waals surface area (Å²) in [5.74, 6) is -0.243. The fourth-order valence-electron chi connectivity index (χ4n) is 3.13. The Morgan fingerprint density at radius 2 is 1.74 bits per heavy atom. The fraction of sp³-hybridized carbons (Fsp3) is 0.333. The summed E-state index contributed by atoms with van der Waals surface area (Å²) < 4.78 is 12.9.